The molecule has 2 N–H and O–H groups in total. The van der Waals surface area contributed by atoms with Crippen LogP contribution in [0.2, 0.25) is 0 Å². The molecule has 2 heterocycles. The number of aromatic nitrogens is 4. The Hall–Kier alpha value is -4.17. The Bertz CT molecular complexity index is 1350. The minimum atomic E-state index is 0.434. The van der Waals surface area contributed by atoms with Crippen molar-refractivity contribution in [2.24, 2.45) is 0 Å². The number of benzene rings is 3. The first-order valence-corrected chi connectivity index (χ1v) is 11.2. The Morgan fingerprint density at radius 3 is 2.36 bits per heavy atom. The van der Waals surface area contributed by atoms with Gasteiger partial charge in [0.2, 0.25) is 0 Å². The summed E-state index contributed by atoms with van der Waals surface area (Å²) in [5.74, 6) is 2.01. The average molecular weight is 456 g/mol. The lowest BCUT2D eigenvalue weighted by atomic mass is 10.2. The van der Waals surface area contributed by atoms with Crippen LogP contribution in [0.15, 0.2) is 84.2 Å². The Balaban J connectivity index is 1.32. The van der Waals surface area contributed by atoms with Crippen LogP contribution in [-0.4, -0.2) is 27.1 Å². The van der Waals surface area contributed by atoms with Gasteiger partial charge in [0, 0.05) is 10.9 Å². The Morgan fingerprint density at radius 2 is 1.64 bits per heavy atom. The molecule has 8 heteroatoms. The topological polar surface area (TPSA) is 88.1 Å². The first-order valence-electron chi connectivity index (χ1n) is 10.3. The van der Waals surface area contributed by atoms with Gasteiger partial charge in [-0.15, -0.1) is 16.4 Å². The highest BCUT2D eigenvalue weighted by atomic mass is 32.1. The van der Waals surface area contributed by atoms with Crippen molar-refractivity contribution in [2.45, 2.75) is 6.61 Å². The van der Waals surface area contributed by atoms with Gasteiger partial charge in [0.05, 0.1) is 18.5 Å². The molecule has 164 valence electrons. The molecule has 5 rings (SSSR count). The molecule has 0 saturated carbocycles. The van der Waals surface area contributed by atoms with E-state index in [9.17, 15) is 0 Å². The van der Waals surface area contributed by atoms with Gasteiger partial charge in [0.15, 0.2) is 11.5 Å². The van der Waals surface area contributed by atoms with E-state index in [1.54, 1.807) is 11.8 Å². The van der Waals surface area contributed by atoms with Crippen molar-refractivity contribution in [1.29, 1.82) is 0 Å². The van der Waals surface area contributed by atoms with E-state index < -0.39 is 0 Å². The molecule has 0 aliphatic rings. The molecule has 0 radical (unpaired) electrons. The summed E-state index contributed by atoms with van der Waals surface area (Å²) < 4.78 is 12.7. The third-order valence-electron chi connectivity index (χ3n) is 5.13. The number of nitrogen functional groups attached to an aromatic ring is 1. The van der Waals surface area contributed by atoms with Crippen molar-refractivity contribution < 1.29 is 9.47 Å². The minimum absolute atomic E-state index is 0.434. The van der Waals surface area contributed by atoms with Crippen molar-refractivity contribution >= 4 is 17.2 Å². The zero-order valence-corrected chi connectivity index (χ0v) is 18.7. The SMILES string of the molecule is COc1ccc(-c2csc(-c3nnn(-c4ccc(OCc5ccccc5)cc4)c3N)n2)cc1. The highest BCUT2D eigenvalue weighted by Gasteiger charge is 2.17. The third kappa shape index (κ3) is 4.42. The number of thiazole rings is 1. The summed E-state index contributed by atoms with van der Waals surface area (Å²) in [6.45, 7) is 0.510. The van der Waals surface area contributed by atoms with E-state index in [-0.39, 0.29) is 0 Å². The predicted molar refractivity (Wildman–Crippen MR) is 130 cm³/mol. The third-order valence-corrected chi connectivity index (χ3v) is 5.98. The second kappa shape index (κ2) is 9.13. The van der Waals surface area contributed by atoms with E-state index in [4.69, 9.17) is 20.2 Å². The van der Waals surface area contributed by atoms with Gasteiger partial charge in [-0.05, 0) is 54.1 Å². The van der Waals surface area contributed by atoms with Crippen LogP contribution in [0.5, 0.6) is 11.5 Å². The fourth-order valence-electron chi connectivity index (χ4n) is 3.33. The summed E-state index contributed by atoms with van der Waals surface area (Å²) in [6, 6.07) is 25.4. The summed E-state index contributed by atoms with van der Waals surface area (Å²) in [4.78, 5) is 4.70. The van der Waals surface area contributed by atoms with Gasteiger partial charge in [-0.3, -0.25) is 0 Å². The van der Waals surface area contributed by atoms with E-state index in [2.05, 4.69) is 10.3 Å². The molecular weight excluding hydrogens is 434 g/mol. The number of hydrogen-bond donors (Lipinski definition) is 1. The summed E-state index contributed by atoms with van der Waals surface area (Å²) >= 11 is 1.48. The molecule has 5 aromatic rings. The second-order valence-electron chi connectivity index (χ2n) is 7.27. The number of hydrogen-bond acceptors (Lipinski definition) is 7. The van der Waals surface area contributed by atoms with Crippen LogP contribution in [0.3, 0.4) is 0 Å². The van der Waals surface area contributed by atoms with Crippen molar-refractivity contribution in [3.8, 4) is 39.1 Å². The Kier molecular flexibility index (Phi) is 5.73. The molecule has 3 aromatic carbocycles. The maximum Gasteiger partial charge on any atom is 0.165 e. The summed E-state index contributed by atoms with van der Waals surface area (Å²) in [7, 11) is 1.65. The lowest BCUT2D eigenvalue weighted by Gasteiger charge is -2.08. The fourth-order valence-corrected chi connectivity index (χ4v) is 4.15. The summed E-state index contributed by atoms with van der Waals surface area (Å²) in [6.07, 6.45) is 0. The van der Waals surface area contributed by atoms with E-state index in [0.29, 0.717) is 23.1 Å². The van der Waals surface area contributed by atoms with Crippen molar-refractivity contribution in [1.82, 2.24) is 20.0 Å². The first-order chi connectivity index (χ1) is 16.2. The van der Waals surface area contributed by atoms with Crippen LogP contribution in [0.1, 0.15) is 5.56 Å². The van der Waals surface area contributed by atoms with Crippen molar-refractivity contribution in [2.75, 3.05) is 12.8 Å². The number of rotatable bonds is 7. The molecule has 0 unspecified atom stereocenters. The smallest absolute Gasteiger partial charge is 0.165 e. The van der Waals surface area contributed by atoms with Gasteiger partial charge in [-0.1, -0.05) is 35.5 Å². The summed E-state index contributed by atoms with van der Waals surface area (Å²) in [5.41, 5.74) is 10.7. The highest BCUT2D eigenvalue weighted by molar-refractivity contribution is 7.13. The van der Waals surface area contributed by atoms with Gasteiger partial charge in [0.1, 0.15) is 23.1 Å². The van der Waals surface area contributed by atoms with E-state index >= 15 is 0 Å². The molecule has 0 atom stereocenters. The van der Waals surface area contributed by atoms with Crippen LogP contribution >= 0.6 is 11.3 Å². The first kappa shape index (κ1) is 20.7. The fraction of sp³-hybridized carbons (Fsp3) is 0.0800. The maximum atomic E-state index is 6.38. The zero-order chi connectivity index (χ0) is 22.6. The molecule has 0 amide bonds. The quantitative estimate of drug-likeness (QED) is 0.362. The molecule has 0 aliphatic carbocycles. The molecular formula is C25H21N5O2S. The Labute approximate surface area is 195 Å². The molecule has 0 fully saturated rings. The van der Waals surface area contributed by atoms with Crippen LogP contribution in [0.25, 0.3) is 27.6 Å². The molecule has 0 spiro atoms. The van der Waals surface area contributed by atoms with Gasteiger partial charge in [-0.2, -0.15) is 4.68 Å². The molecule has 7 nitrogen and oxygen atoms in total. The Morgan fingerprint density at radius 1 is 0.909 bits per heavy atom. The summed E-state index contributed by atoms with van der Waals surface area (Å²) in [5, 5.41) is 11.2. The van der Waals surface area contributed by atoms with E-state index in [1.165, 1.54) is 11.3 Å². The number of ether oxygens (including phenoxy) is 2. The van der Waals surface area contributed by atoms with Crippen molar-refractivity contribution in [3.63, 3.8) is 0 Å². The minimum Gasteiger partial charge on any atom is -0.497 e. The van der Waals surface area contributed by atoms with E-state index in [1.807, 2.05) is 84.2 Å². The number of nitrogens with two attached hydrogens (primary N) is 1. The lowest BCUT2D eigenvalue weighted by Crippen LogP contribution is -2.02. The largest absolute Gasteiger partial charge is 0.497 e. The second-order valence-corrected chi connectivity index (χ2v) is 8.13. The molecule has 2 aromatic heterocycles. The van der Waals surface area contributed by atoms with Gasteiger partial charge in [-0.25, -0.2) is 4.98 Å². The van der Waals surface area contributed by atoms with Crippen LogP contribution in [-0.2, 0) is 6.61 Å². The maximum absolute atomic E-state index is 6.38. The van der Waals surface area contributed by atoms with Gasteiger partial charge >= 0.3 is 0 Å². The number of anilines is 1. The van der Waals surface area contributed by atoms with Crippen LogP contribution < -0.4 is 15.2 Å². The van der Waals surface area contributed by atoms with Crippen LogP contribution in [0.4, 0.5) is 5.82 Å². The monoisotopic (exact) mass is 455 g/mol. The lowest BCUT2D eigenvalue weighted by molar-refractivity contribution is 0.306. The van der Waals surface area contributed by atoms with Gasteiger partial charge in [0.25, 0.3) is 0 Å². The van der Waals surface area contributed by atoms with Crippen LogP contribution in [0, 0.1) is 0 Å². The molecule has 0 aliphatic heterocycles. The van der Waals surface area contributed by atoms with E-state index in [0.717, 1.165) is 34.0 Å². The van der Waals surface area contributed by atoms with Gasteiger partial charge < -0.3 is 15.2 Å². The predicted octanol–water partition coefficient (Wildman–Crippen LogP) is 5.23. The molecule has 0 bridgehead atoms. The average Bonchev–Trinajstić information content (AvgIpc) is 3.51. The highest BCUT2D eigenvalue weighted by Crippen LogP contribution is 2.32. The number of nitrogens with zero attached hydrogens (tertiary/aromatic N) is 4. The standard InChI is InChI=1S/C25H21N5O2S/c1-31-20-11-7-18(8-12-20)22-16-33-25(27-22)23-24(26)30(29-28-23)19-9-13-21(14-10-19)32-15-17-5-3-2-4-6-17/h2-14,16H,15,26H2,1H3. The van der Waals surface area contributed by atoms with Crippen molar-refractivity contribution in [3.05, 3.63) is 89.8 Å². The normalized spacial score (nSPS) is 10.8. The molecule has 33 heavy (non-hydrogen) atoms. The molecule has 0 saturated heterocycles. The number of methoxy groups -OCH3 is 1. The zero-order valence-electron chi connectivity index (χ0n) is 17.9.